The highest BCUT2D eigenvalue weighted by atomic mass is 16.2. The van der Waals surface area contributed by atoms with Gasteiger partial charge in [0.15, 0.2) is 0 Å². The molecule has 3 aromatic rings. The van der Waals surface area contributed by atoms with E-state index in [0.717, 1.165) is 30.6 Å². The van der Waals surface area contributed by atoms with E-state index < -0.39 is 0 Å². The SMILES string of the molecule is O=C(c1ccc(-n2ccnc2)cc1)N1CCC[C@@H](n2cccn2)C1. The van der Waals surface area contributed by atoms with Crippen molar-refractivity contribution in [3.8, 4) is 5.69 Å². The molecule has 0 bridgehead atoms. The first-order valence-electron chi connectivity index (χ1n) is 8.18. The molecule has 0 saturated carbocycles. The predicted octanol–water partition coefficient (Wildman–Crippen LogP) is 2.55. The maximum Gasteiger partial charge on any atom is 0.253 e. The second-order valence-corrected chi connectivity index (χ2v) is 6.05. The molecule has 0 radical (unpaired) electrons. The Hall–Kier alpha value is -2.89. The van der Waals surface area contributed by atoms with Gasteiger partial charge in [-0.15, -0.1) is 0 Å². The van der Waals surface area contributed by atoms with Gasteiger partial charge >= 0.3 is 0 Å². The molecule has 1 aliphatic rings. The van der Waals surface area contributed by atoms with Gasteiger partial charge in [-0.2, -0.15) is 5.10 Å². The average Bonchev–Trinajstić information content (AvgIpc) is 3.35. The predicted molar refractivity (Wildman–Crippen MR) is 90.0 cm³/mol. The largest absolute Gasteiger partial charge is 0.337 e. The number of piperidine rings is 1. The summed E-state index contributed by atoms with van der Waals surface area (Å²) in [5.41, 5.74) is 1.72. The number of amides is 1. The Morgan fingerprint density at radius 3 is 2.71 bits per heavy atom. The van der Waals surface area contributed by atoms with E-state index in [9.17, 15) is 4.79 Å². The van der Waals surface area contributed by atoms with Crippen LogP contribution in [0.5, 0.6) is 0 Å². The quantitative estimate of drug-likeness (QED) is 0.745. The van der Waals surface area contributed by atoms with Crippen molar-refractivity contribution in [2.45, 2.75) is 18.9 Å². The molecule has 1 aromatic carbocycles. The fraction of sp³-hybridized carbons (Fsp3) is 0.278. The van der Waals surface area contributed by atoms with Crippen LogP contribution in [-0.4, -0.2) is 43.2 Å². The number of hydrogen-bond acceptors (Lipinski definition) is 3. The molecule has 24 heavy (non-hydrogen) atoms. The zero-order valence-corrected chi connectivity index (χ0v) is 13.3. The van der Waals surface area contributed by atoms with Gasteiger partial charge in [0.1, 0.15) is 0 Å². The first kappa shape index (κ1) is 14.7. The lowest BCUT2D eigenvalue weighted by molar-refractivity contribution is 0.0673. The number of carbonyl (C=O) groups is 1. The summed E-state index contributed by atoms with van der Waals surface area (Å²) in [4.78, 5) is 18.8. The van der Waals surface area contributed by atoms with Gasteiger partial charge in [0.25, 0.3) is 5.91 Å². The third kappa shape index (κ3) is 2.82. The second-order valence-electron chi connectivity index (χ2n) is 6.05. The first-order chi connectivity index (χ1) is 11.8. The summed E-state index contributed by atoms with van der Waals surface area (Å²) >= 11 is 0. The maximum absolute atomic E-state index is 12.8. The molecule has 6 heteroatoms. The van der Waals surface area contributed by atoms with Crippen molar-refractivity contribution in [1.82, 2.24) is 24.2 Å². The van der Waals surface area contributed by atoms with Crippen LogP contribution in [0.2, 0.25) is 0 Å². The van der Waals surface area contributed by atoms with E-state index in [1.165, 1.54) is 0 Å². The summed E-state index contributed by atoms with van der Waals surface area (Å²) in [6.07, 6.45) is 11.2. The molecule has 0 N–H and O–H groups in total. The molecule has 1 amide bonds. The lowest BCUT2D eigenvalue weighted by Crippen LogP contribution is -2.40. The molecule has 1 atom stereocenters. The van der Waals surface area contributed by atoms with E-state index in [1.807, 2.05) is 56.9 Å². The molecule has 2 aromatic heterocycles. The first-order valence-corrected chi connectivity index (χ1v) is 8.18. The van der Waals surface area contributed by atoms with Crippen LogP contribution >= 0.6 is 0 Å². The van der Waals surface area contributed by atoms with Crippen molar-refractivity contribution >= 4 is 5.91 Å². The van der Waals surface area contributed by atoms with Crippen LogP contribution in [-0.2, 0) is 0 Å². The number of rotatable bonds is 3. The van der Waals surface area contributed by atoms with E-state index in [2.05, 4.69) is 10.1 Å². The molecular weight excluding hydrogens is 302 g/mol. The van der Waals surface area contributed by atoms with Crippen LogP contribution in [0, 0.1) is 0 Å². The minimum absolute atomic E-state index is 0.0871. The summed E-state index contributed by atoms with van der Waals surface area (Å²) in [6.45, 7) is 1.52. The third-order valence-electron chi connectivity index (χ3n) is 4.50. The number of aromatic nitrogens is 4. The molecule has 1 fully saturated rings. The Labute approximate surface area is 140 Å². The van der Waals surface area contributed by atoms with Gasteiger partial charge in [0.05, 0.1) is 12.4 Å². The van der Waals surface area contributed by atoms with Gasteiger partial charge in [-0.3, -0.25) is 9.48 Å². The monoisotopic (exact) mass is 321 g/mol. The Bertz CT molecular complexity index is 793. The normalized spacial score (nSPS) is 17.8. The summed E-state index contributed by atoms with van der Waals surface area (Å²) in [5.74, 6) is 0.0871. The number of likely N-dealkylation sites (tertiary alicyclic amines) is 1. The van der Waals surface area contributed by atoms with Crippen LogP contribution in [0.15, 0.2) is 61.4 Å². The molecule has 1 aliphatic heterocycles. The Morgan fingerprint density at radius 2 is 2.00 bits per heavy atom. The number of carbonyl (C=O) groups excluding carboxylic acids is 1. The molecular formula is C18H19N5O. The molecule has 6 nitrogen and oxygen atoms in total. The second kappa shape index (κ2) is 6.31. The van der Waals surface area contributed by atoms with Gasteiger partial charge in [-0.1, -0.05) is 0 Å². The lowest BCUT2D eigenvalue weighted by Gasteiger charge is -2.33. The highest BCUT2D eigenvalue weighted by Gasteiger charge is 2.25. The zero-order chi connectivity index (χ0) is 16.4. The smallest absolute Gasteiger partial charge is 0.253 e. The van der Waals surface area contributed by atoms with E-state index >= 15 is 0 Å². The number of benzene rings is 1. The van der Waals surface area contributed by atoms with E-state index in [4.69, 9.17) is 0 Å². The molecule has 1 saturated heterocycles. The van der Waals surface area contributed by atoms with Crippen LogP contribution in [0.1, 0.15) is 29.2 Å². The molecule has 0 unspecified atom stereocenters. The summed E-state index contributed by atoms with van der Waals surface area (Å²) in [7, 11) is 0. The van der Waals surface area contributed by atoms with Gasteiger partial charge in [-0.25, -0.2) is 4.98 Å². The summed E-state index contributed by atoms with van der Waals surface area (Å²) < 4.78 is 3.88. The highest BCUT2D eigenvalue weighted by Crippen LogP contribution is 2.22. The van der Waals surface area contributed by atoms with Crippen LogP contribution in [0.25, 0.3) is 5.69 Å². The van der Waals surface area contributed by atoms with Crippen molar-refractivity contribution in [2.75, 3.05) is 13.1 Å². The van der Waals surface area contributed by atoms with Gasteiger partial charge in [0, 0.05) is 49.1 Å². The Kier molecular flexibility index (Phi) is 3.86. The van der Waals surface area contributed by atoms with Crippen molar-refractivity contribution in [2.24, 2.45) is 0 Å². The molecule has 122 valence electrons. The molecule has 3 heterocycles. The van der Waals surface area contributed by atoms with Crippen LogP contribution < -0.4 is 0 Å². The topological polar surface area (TPSA) is 56.0 Å². The highest BCUT2D eigenvalue weighted by molar-refractivity contribution is 5.94. The number of imidazole rings is 1. The van der Waals surface area contributed by atoms with E-state index in [1.54, 1.807) is 18.7 Å². The van der Waals surface area contributed by atoms with Crippen LogP contribution in [0.3, 0.4) is 0 Å². The van der Waals surface area contributed by atoms with E-state index in [-0.39, 0.29) is 11.9 Å². The van der Waals surface area contributed by atoms with Crippen LogP contribution in [0.4, 0.5) is 0 Å². The molecule has 4 rings (SSSR count). The third-order valence-corrected chi connectivity index (χ3v) is 4.50. The minimum atomic E-state index is 0.0871. The summed E-state index contributed by atoms with van der Waals surface area (Å²) in [6, 6.07) is 9.86. The molecule has 0 spiro atoms. The minimum Gasteiger partial charge on any atom is -0.337 e. The molecule has 0 aliphatic carbocycles. The fourth-order valence-electron chi connectivity index (χ4n) is 3.22. The standard InChI is InChI=1S/C18H19N5O/c24-18(15-4-6-16(7-5-15)22-12-9-19-14-22)21-10-1-3-17(13-21)23-11-2-8-20-23/h2,4-9,11-12,14,17H,1,3,10,13H2/t17-/m1/s1. The van der Waals surface area contributed by atoms with Crippen molar-refractivity contribution < 1.29 is 4.79 Å². The Balaban J connectivity index is 1.49. The van der Waals surface area contributed by atoms with Gasteiger partial charge in [0.2, 0.25) is 0 Å². The zero-order valence-electron chi connectivity index (χ0n) is 13.3. The maximum atomic E-state index is 12.8. The van der Waals surface area contributed by atoms with Gasteiger partial charge < -0.3 is 9.47 Å². The van der Waals surface area contributed by atoms with Crippen molar-refractivity contribution in [3.05, 3.63) is 67.0 Å². The number of hydrogen-bond donors (Lipinski definition) is 0. The van der Waals surface area contributed by atoms with Gasteiger partial charge in [-0.05, 0) is 43.2 Å². The average molecular weight is 321 g/mol. The summed E-state index contributed by atoms with van der Waals surface area (Å²) in [5, 5.41) is 4.32. The van der Waals surface area contributed by atoms with E-state index in [0.29, 0.717) is 6.54 Å². The van der Waals surface area contributed by atoms with Crippen molar-refractivity contribution in [1.29, 1.82) is 0 Å². The number of nitrogens with zero attached hydrogens (tertiary/aromatic N) is 5. The lowest BCUT2D eigenvalue weighted by atomic mass is 10.0. The Morgan fingerprint density at radius 1 is 1.12 bits per heavy atom. The van der Waals surface area contributed by atoms with Crippen molar-refractivity contribution in [3.63, 3.8) is 0 Å². The fourth-order valence-corrected chi connectivity index (χ4v) is 3.22.